The number of rotatable bonds is 10. The van der Waals surface area contributed by atoms with Crippen LogP contribution in [0, 0.1) is 11.7 Å². The van der Waals surface area contributed by atoms with E-state index >= 15 is 0 Å². The molecular weight excluding hydrogens is 529 g/mol. The fourth-order valence-electron chi connectivity index (χ4n) is 5.39. The minimum atomic E-state index is -0.657. The zero-order chi connectivity index (χ0) is 29.4. The number of hydrogen-bond acceptors (Lipinski definition) is 8. The van der Waals surface area contributed by atoms with Gasteiger partial charge in [-0.1, -0.05) is 18.0 Å². The number of aromatic nitrogens is 2. The van der Waals surface area contributed by atoms with Crippen LogP contribution in [0.4, 0.5) is 9.18 Å². The third-order valence-corrected chi connectivity index (χ3v) is 7.48. The van der Waals surface area contributed by atoms with E-state index in [4.69, 9.17) is 14.0 Å². The molecule has 1 saturated carbocycles. The molecule has 226 valence electrons. The minimum absolute atomic E-state index is 0.114. The summed E-state index contributed by atoms with van der Waals surface area (Å²) in [6.07, 6.45) is 6.63. The number of carbonyl (C=O) groups is 2. The van der Waals surface area contributed by atoms with Crippen molar-refractivity contribution in [1.29, 1.82) is 0 Å². The lowest BCUT2D eigenvalue weighted by Gasteiger charge is -2.26. The standard InChI is InChI=1S/C30H44FN5O5/c1-21(32-29(38)40-30(2,3)4)28(37)36-15-7-13-35(16-17-36)14-8-18-39-23-11-12-24(25(31)20-23)27-33-26(41-34-27)19-22-9-5-6-10-22/h11-12,20-22H,5-10,13-19H2,1-4H3,(H,32,38)/t21-/m1/s1. The van der Waals surface area contributed by atoms with Gasteiger partial charge in [-0.25, -0.2) is 9.18 Å². The van der Waals surface area contributed by atoms with Crippen molar-refractivity contribution in [2.45, 2.75) is 84.3 Å². The van der Waals surface area contributed by atoms with Crippen LogP contribution < -0.4 is 10.1 Å². The number of hydrogen-bond donors (Lipinski definition) is 1. The Labute approximate surface area is 241 Å². The highest BCUT2D eigenvalue weighted by Crippen LogP contribution is 2.29. The third kappa shape index (κ3) is 9.41. The van der Waals surface area contributed by atoms with Crippen molar-refractivity contribution in [3.05, 3.63) is 29.9 Å². The molecule has 1 aliphatic heterocycles. The van der Waals surface area contributed by atoms with E-state index in [-0.39, 0.29) is 11.7 Å². The average molecular weight is 574 g/mol. The molecule has 2 aromatic rings. The van der Waals surface area contributed by atoms with Crippen LogP contribution in [0.3, 0.4) is 0 Å². The lowest BCUT2D eigenvalue weighted by molar-refractivity contribution is -0.132. The van der Waals surface area contributed by atoms with Crippen LogP contribution in [0.2, 0.25) is 0 Å². The van der Waals surface area contributed by atoms with Crippen molar-refractivity contribution in [2.75, 3.05) is 39.3 Å². The molecule has 2 aliphatic rings. The Hall–Kier alpha value is -3.21. The number of halogens is 1. The summed E-state index contributed by atoms with van der Waals surface area (Å²) in [7, 11) is 0. The summed E-state index contributed by atoms with van der Waals surface area (Å²) in [6.45, 7) is 11.1. The molecule has 2 fully saturated rings. The highest BCUT2D eigenvalue weighted by molar-refractivity contribution is 5.85. The third-order valence-electron chi connectivity index (χ3n) is 7.48. The van der Waals surface area contributed by atoms with Crippen LogP contribution in [0.25, 0.3) is 11.4 Å². The highest BCUT2D eigenvalue weighted by Gasteiger charge is 2.26. The van der Waals surface area contributed by atoms with Gasteiger partial charge in [-0.05, 0) is 78.0 Å². The van der Waals surface area contributed by atoms with Gasteiger partial charge in [-0.2, -0.15) is 4.98 Å². The topological polar surface area (TPSA) is 110 Å². The van der Waals surface area contributed by atoms with Crippen LogP contribution in [-0.2, 0) is 16.0 Å². The smallest absolute Gasteiger partial charge is 0.408 e. The Morgan fingerprint density at radius 2 is 1.93 bits per heavy atom. The Balaban J connectivity index is 1.17. The summed E-state index contributed by atoms with van der Waals surface area (Å²) in [4.78, 5) is 33.4. The van der Waals surface area contributed by atoms with E-state index in [0.29, 0.717) is 42.8 Å². The van der Waals surface area contributed by atoms with Gasteiger partial charge in [-0.3, -0.25) is 4.79 Å². The molecule has 11 heteroatoms. The maximum Gasteiger partial charge on any atom is 0.408 e. The van der Waals surface area contributed by atoms with E-state index in [0.717, 1.165) is 38.9 Å². The number of alkyl carbamates (subject to hydrolysis) is 1. The molecular formula is C30H44FN5O5. The number of nitrogens with one attached hydrogen (secondary N) is 1. The molecule has 1 aromatic carbocycles. The Bertz CT molecular complexity index is 1160. The van der Waals surface area contributed by atoms with Gasteiger partial charge in [-0.15, -0.1) is 0 Å². The predicted octanol–water partition coefficient (Wildman–Crippen LogP) is 4.82. The summed E-state index contributed by atoms with van der Waals surface area (Å²) in [5.41, 5.74) is -0.316. The van der Waals surface area contributed by atoms with Crippen molar-refractivity contribution in [2.24, 2.45) is 5.92 Å². The predicted molar refractivity (Wildman–Crippen MR) is 152 cm³/mol. The highest BCUT2D eigenvalue weighted by atomic mass is 19.1. The number of carbonyl (C=O) groups excluding carboxylic acids is 2. The molecule has 1 aromatic heterocycles. The second kappa shape index (κ2) is 14.1. The SMILES string of the molecule is C[C@@H](NC(=O)OC(C)(C)C)C(=O)N1CCCN(CCCOc2ccc(-c3noc(CC4CCCC4)n3)c(F)c2)CC1. The fraction of sp³-hybridized carbons (Fsp3) is 0.667. The molecule has 1 N–H and O–H groups in total. The van der Waals surface area contributed by atoms with Crippen LogP contribution in [0.15, 0.2) is 22.7 Å². The number of ether oxygens (including phenoxy) is 2. The van der Waals surface area contributed by atoms with Gasteiger partial charge >= 0.3 is 6.09 Å². The number of amides is 2. The number of benzene rings is 1. The van der Waals surface area contributed by atoms with Crippen LogP contribution in [-0.4, -0.2) is 82.9 Å². The van der Waals surface area contributed by atoms with E-state index in [2.05, 4.69) is 20.4 Å². The quantitative estimate of drug-likeness (QED) is 0.403. The first-order chi connectivity index (χ1) is 19.6. The zero-order valence-electron chi connectivity index (χ0n) is 24.8. The lowest BCUT2D eigenvalue weighted by Crippen LogP contribution is -2.49. The monoisotopic (exact) mass is 573 g/mol. The van der Waals surface area contributed by atoms with Crippen molar-refractivity contribution >= 4 is 12.0 Å². The molecule has 0 bridgehead atoms. The van der Waals surface area contributed by atoms with E-state index in [1.807, 2.05) is 0 Å². The first-order valence-corrected chi connectivity index (χ1v) is 14.8. The van der Waals surface area contributed by atoms with Gasteiger partial charge in [0.1, 0.15) is 23.2 Å². The van der Waals surface area contributed by atoms with Gasteiger partial charge < -0.3 is 29.1 Å². The number of nitrogens with zero attached hydrogens (tertiary/aromatic N) is 4. The van der Waals surface area contributed by atoms with Crippen LogP contribution in [0.1, 0.15) is 72.1 Å². The summed E-state index contributed by atoms with van der Waals surface area (Å²) in [5, 5.41) is 6.62. The zero-order valence-corrected chi connectivity index (χ0v) is 24.8. The van der Waals surface area contributed by atoms with E-state index in [1.165, 1.54) is 31.7 Å². The fourth-order valence-corrected chi connectivity index (χ4v) is 5.39. The largest absolute Gasteiger partial charge is 0.493 e. The second-order valence-electron chi connectivity index (χ2n) is 12.1. The molecule has 1 atom stereocenters. The second-order valence-corrected chi connectivity index (χ2v) is 12.1. The molecule has 1 saturated heterocycles. The van der Waals surface area contributed by atoms with Gasteiger partial charge in [0.05, 0.1) is 12.2 Å². The molecule has 1 aliphatic carbocycles. The molecule has 2 heterocycles. The van der Waals surface area contributed by atoms with Crippen molar-refractivity contribution in [3.8, 4) is 17.1 Å². The first-order valence-electron chi connectivity index (χ1n) is 14.8. The summed E-state index contributed by atoms with van der Waals surface area (Å²) >= 11 is 0. The van der Waals surface area contributed by atoms with Crippen molar-refractivity contribution in [3.63, 3.8) is 0 Å². The molecule has 10 nitrogen and oxygen atoms in total. The normalized spacial score (nSPS) is 17.7. The molecule has 4 rings (SSSR count). The van der Waals surface area contributed by atoms with Crippen molar-refractivity contribution in [1.82, 2.24) is 25.3 Å². The maximum atomic E-state index is 14.8. The maximum absolute atomic E-state index is 14.8. The van der Waals surface area contributed by atoms with E-state index < -0.39 is 23.6 Å². The van der Waals surface area contributed by atoms with Gasteiger partial charge in [0, 0.05) is 38.7 Å². The Morgan fingerprint density at radius 3 is 2.66 bits per heavy atom. The molecule has 0 spiro atoms. The van der Waals surface area contributed by atoms with Crippen LogP contribution >= 0.6 is 0 Å². The average Bonchev–Trinajstić information content (AvgIpc) is 3.53. The van der Waals surface area contributed by atoms with Gasteiger partial charge in [0.15, 0.2) is 0 Å². The first kappa shape index (κ1) is 30.7. The minimum Gasteiger partial charge on any atom is -0.493 e. The summed E-state index contributed by atoms with van der Waals surface area (Å²) in [5.74, 6) is 1.32. The Morgan fingerprint density at radius 1 is 1.15 bits per heavy atom. The Kier molecular flexibility index (Phi) is 10.6. The summed E-state index contributed by atoms with van der Waals surface area (Å²) in [6, 6.07) is 4.07. The molecule has 2 amide bonds. The molecule has 41 heavy (non-hydrogen) atoms. The van der Waals surface area contributed by atoms with E-state index in [1.54, 1.807) is 44.7 Å². The molecule has 0 unspecified atom stereocenters. The van der Waals surface area contributed by atoms with Crippen molar-refractivity contribution < 1.29 is 28.0 Å². The van der Waals surface area contributed by atoms with Gasteiger partial charge in [0.2, 0.25) is 17.6 Å². The molecule has 0 radical (unpaired) electrons. The van der Waals surface area contributed by atoms with E-state index in [9.17, 15) is 14.0 Å². The van der Waals surface area contributed by atoms with Crippen LogP contribution in [0.5, 0.6) is 5.75 Å². The van der Waals surface area contributed by atoms with Gasteiger partial charge in [0.25, 0.3) is 0 Å². The lowest BCUT2D eigenvalue weighted by atomic mass is 10.0. The summed E-state index contributed by atoms with van der Waals surface area (Å²) < 4.78 is 31.3.